The van der Waals surface area contributed by atoms with Gasteiger partial charge in [-0.1, -0.05) is 0 Å². The van der Waals surface area contributed by atoms with Crippen molar-refractivity contribution in [1.82, 2.24) is 4.98 Å². The molecule has 1 aromatic heterocycles. The summed E-state index contributed by atoms with van der Waals surface area (Å²) >= 11 is 7.52. The maximum absolute atomic E-state index is 12.7. The second-order valence-electron chi connectivity index (χ2n) is 3.38. The van der Waals surface area contributed by atoms with E-state index in [4.69, 9.17) is 16.3 Å². The highest BCUT2D eigenvalue weighted by atomic mass is 127. The van der Waals surface area contributed by atoms with E-state index < -0.39 is 12.4 Å². The Labute approximate surface area is 122 Å². The maximum Gasteiger partial charge on any atom is 0.310 e. The van der Waals surface area contributed by atoms with Crippen LogP contribution in [0.3, 0.4) is 0 Å². The number of pyridine rings is 1. The summed E-state index contributed by atoms with van der Waals surface area (Å²) in [5.74, 6) is -0.374. The van der Waals surface area contributed by atoms with E-state index in [2.05, 4.69) is 4.98 Å². The molecule has 0 saturated carbocycles. The number of carbonyl (C=O) groups is 1. The molecule has 1 heterocycles. The highest BCUT2D eigenvalue weighted by molar-refractivity contribution is 14.1. The van der Waals surface area contributed by atoms with E-state index in [-0.39, 0.29) is 24.6 Å². The van der Waals surface area contributed by atoms with Gasteiger partial charge in [-0.3, -0.25) is 9.78 Å². The Morgan fingerprint density at radius 1 is 1.61 bits per heavy atom. The van der Waals surface area contributed by atoms with Gasteiger partial charge in [0.1, 0.15) is 5.69 Å². The van der Waals surface area contributed by atoms with Crippen molar-refractivity contribution >= 4 is 40.2 Å². The van der Waals surface area contributed by atoms with Crippen molar-refractivity contribution in [2.24, 2.45) is 0 Å². The molecule has 0 radical (unpaired) electrons. The molecule has 1 aromatic rings. The topological polar surface area (TPSA) is 39.2 Å². The number of hydrogen-bond donors (Lipinski definition) is 0. The Kier molecular flexibility index (Phi) is 6.20. The number of halogens is 4. The molecule has 0 atom stereocenters. The maximum atomic E-state index is 12.7. The van der Waals surface area contributed by atoms with Crippen LogP contribution in [-0.2, 0) is 21.8 Å². The normalized spacial score (nSPS) is 10.8. The summed E-state index contributed by atoms with van der Waals surface area (Å²) in [6.45, 7) is 1.97. The van der Waals surface area contributed by atoms with Gasteiger partial charge in [0, 0.05) is 15.6 Å². The van der Waals surface area contributed by atoms with E-state index in [1.807, 2.05) is 0 Å². The molecule has 18 heavy (non-hydrogen) atoms. The molecule has 7 heteroatoms. The Balaban J connectivity index is 3.07. The summed E-state index contributed by atoms with van der Waals surface area (Å²) in [6, 6.07) is 0. The molecular formula is C11H11ClF2INO2. The van der Waals surface area contributed by atoms with Gasteiger partial charge in [0.15, 0.2) is 0 Å². The van der Waals surface area contributed by atoms with Gasteiger partial charge < -0.3 is 4.74 Å². The predicted octanol–water partition coefficient (Wildman–Crippen LogP) is 3.47. The van der Waals surface area contributed by atoms with Crippen LogP contribution in [0.15, 0.2) is 6.20 Å². The zero-order valence-corrected chi connectivity index (χ0v) is 12.5. The van der Waals surface area contributed by atoms with Crippen molar-refractivity contribution in [2.45, 2.75) is 25.7 Å². The van der Waals surface area contributed by atoms with Gasteiger partial charge in [0.2, 0.25) is 0 Å². The summed E-state index contributed by atoms with van der Waals surface area (Å²) in [5.41, 5.74) is 0.728. The number of hydrogen-bond acceptors (Lipinski definition) is 3. The third-order valence-corrected chi connectivity index (χ3v) is 3.69. The summed E-state index contributed by atoms with van der Waals surface area (Å²) < 4.78 is 30.4. The van der Waals surface area contributed by atoms with Crippen molar-refractivity contribution in [2.75, 3.05) is 6.61 Å². The lowest BCUT2D eigenvalue weighted by molar-refractivity contribution is -0.142. The number of nitrogens with zero attached hydrogens (tertiary/aromatic N) is 1. The number of esters is 1. The van der Waals surface area contributed by atoms with Crippen molar-refractivity contribution in [3.8, 4) is 0 Å². The van der Waals surface area contributed by atoms with Crippen LogP contribution in [0.1, 0.15) is 30.2 Å². The van der Waals surface area contributed by atoms with Crippen LogP contribution in [-0.4, -0.2) is 17.6 Å². The van der Waals surface area contributed by atoms with E-state index in [0.717, 1.165) is 0 Å². The van der Waals surface area contributed by atoms with Crippen LogP contribution >= 0.6 is 34.2 Å². The van der Waals surface area contributed by atoms with Gasteiger partial charge in [-0.25, -0.2) is 8.78 Å². The average Bonchev–Trinajstić information content (AvgIpc) is 2.29. The highest BCUT2D eigenvalue weighted by Crippen LogP contribution is 2.28. The Hall–Kier alpha value is -0.500. The van der Waals surface area contributed by atoms with Gasteiger partial charge in [-0.2, -0.15) is 0 Å². The van der Waals surface area contributed by atoms with E-state index in [1.54, 1.807) is 29.5 Å². The summed E-state index contributed by atoms with van der Waals surface area (Å²) in [7, 11) is 0. The Morgan fingerprint density at radius 3 is 2.78 bits per heavy atom. The number of alkyl halides is 3. The quantitative estimate of drug-likeness (QED) is 0.440. The predicted molar refractivity (Wildman–Crippen MR) is 71.8 cm³/mol. The summed E-state index contributed by atoms with van der Waals surface area (Å²) in [6.07, 6.45) is -1.41. The minimum atomic E-state index is -2.66. The number of ether oxygens (including phenoxy) is 1. The van der Waals surface area contributed by atoms with Gasteiger partial charge in [-0.15, -0.1) is 11.6 Å². The van der Waals surface area contributed by atoms with Crippen LogP contribution in [0.25, 0.3) is 0 Å². The molecule has 0 aromatic carbocycles. The van der Waals surface area contributed by atoms with Crippen LogP contribution in [0.4, 0.5) is 8.78 Å². The number of aromatic nitrogens is 1. The lowest BCUT2D eigenvalue weighted by atomic mass is 10.1. The summed E-state index contributed by atoms with van der Waals surface area (Å²) in [5, 5.41) is 0. The van der Waals surface area contributed by atoms with E-state index in [0.29, 0.717) is 14.7 Å². The molecule has 0 spiro atoms. The monoisotopic (exact) mass is 389 g/mol. The molecule has 0 amide bonds. The molecule has 0 fully saturated rings. The molecular weight excluding hydrogens is 378 g/mol. The lowest BCUT2D eigenvalue weighted by Crippen LogP contribution is -2.11. The fourth-order valence-electron chi connectivity index (χ4n) is 1.39. The van der Waals surface area contributed by atoms with Crippen molar-refractivity contribution in [3.63, 3.8) is 0 Å². The van der Waals surface area contributed by atoms with Crippen molar-refractivity contribution < 1.29 is 18.3 Å². The van der Waals surface area contributed by atoms with Crippen LogP contribution in [0.5, 0.6) is 0 Å². The van der Waals surface area contributed by atoms with Gasteiger partial charge in [0.05, 0.1) is 13.0 Å². The fraction of sp³-hybridized carbons (Fsp3) is 0.455. The van der Waals surface area contributed by atoms with Crippen molar-refractivity contribution in [1.29, 1.82) is 0 Å². The molecule has 0 bridgehead atoms. The molecule has 0 aliphatic heterocycles. The van der Waals surface area contributed by atoms with Gasteiger partial charge in [-0.05, 0) is 40.6 Å². The zero-order chi connectivity index (χ0) is 13.7. The smallest absolute Gasteiger partial charge is 0.310 e. The second kappa shape index (κ2) is 7.18. The van der Waals surface area contributed by atoms with Gasteiger partial charge >= 0.3 is 5.97 Å². The second-order valence-corrected chi connectivity index (χ2v) is 4.72. The molecule has 0 aliphatic carbocycles. The first-order chi connectivity index (χ1) is 8.51. The summed E-state index contributed by atoms with van der Waals surface area (Å²) in [4.78, 5) is 15.0. The average molecular weight is 390 g/mol. The Morgan fingerprint density at radius 2 is 2.28 bits per heavy atom. The number of rotatable bonds is 5. The minimum Gasteiger partial charge on any atom is -0.466 e. The van der Waals surface area contributed by atoms with E-state index in [9.17, 15) is 13.6 Å². The fourth-order valence-corrected chi connectivity index (χ4v) is 2.84. The Bertz CT molecular complexity index is 443. The molecule has 1 rings (SSSR count). The third-order valence-electron chi connectivity index (χ3n) is 2.22. The van der Waals surface area contributed by atoms with Crippen LogP contribution in [0.2, 0.25) is 0 Å². The molecule has 3 nitrogen and oxygen atoms in total. The molecule has 0 aliphatic rings. The first-order valence-electron chi connectivity index (χ1n) is 5.17. The van der Waals surface area contributed by atoms with E-state index >= 15 is 0 Å². The van der Waals surface area contributed by atoms with Gasteiger partial charge in [0.25, 0.3) is 6.43 Å². The van der Waals surface area contributed by atoms with Crippen molar-refractivity contribution in [3.05, 3.63) is 26.6 Å². The van der Waals surface area contributed by atoms with Crippen LogP contribution < -0.4 is 0 Å². The molecule has 0 unspecified atom stereocenters. The lowest BCUT2D eigenvalue weighted by Gasteiger charge is -2.11. The molecule has 100 valence electrons. The number of carbonyl (C=O) groups excluding carboxylic acids is 1. The van der Waals surface area contributed by atoms with E-state index in [1.165, 1.54) is 6.20 Å². The first-order valence-corrected chi connectivity index (χ1v) is 6.78. The standard InChI is InChI=1S/C11H11ClF2INO2/c1-2-18-8(17)3-6-5-16-10(11(13)14)9(15)7(6)4-12/h5,11H,2-4H2,1H3. The third kappa shape index (κ3) is 3.74. The molecule has 0 saturated heterocycles. The SMILES string of the molecule is CCOC(=O)Cc1cnc(C(F)F)c(I)c1CCl. The molecule has 0 N–H and O–H groups in total. The first kappa shape index (κ1) is 15.6. The largest absolute Gasteiger partial charge is 0.466 e. The zero-order valence-electron chi connectivity index (χ0n) is 9.55. The minimum absolute atomic E-state index is 0.0115. The highest BCUT2D eigenvalue weighted by Gasteiger charge is 2.20. The van der Waals surface area contributed by atoms with Crippen LogP contribution in [0, 0.1) is 3.57 Å².